The van der Waals surface area contributed by atoms with Gasteiger partial charge in [-0.05, 0) is 39.2 Å². The van der Waals surface area contributed by atoms with E-state index in [9.17, 15) is 9.59 Å². The van der Waals surface area contributed by atoms with E-state index in [1.165, 1.54) is 5.56 Å². The third-order valence-corrected chi connectivity index (χ3v) is 5.18. The molecule has 4 rings (SSSR count). The summed E-state index contributed by atoms with van der Waals surface area (Å²) >= 11 is 0. The number of nitrogens with one attached hydrogen (secondary N) is 1. The van der Waals surface area contributed by atoms with E-state index in [-0.39, 0.29) is 12.3 Å². The molecular weight excluding hydrogens is 408 g/mol. The Balaban J connectivity index is 1.39. The number of carbonyl (C=O) groups is 1. The first-order valence-electron chi connectivity index (χ1n) is 10.5. The summed E-state index contributed by atoms with van der Waals surface area (Å²) in [4.78, 5) is 30.9. The molecule has 32 heavy (non-hydrogen) atoms. The normalized spacial score (nSPS) is 11.4. The molecule has 0 saturated carbocycles. The quantitative estimate of drug-likeness (QED) is 0.455. The summed E-state index contributed by atoms with van der Waals surface area (Å²) in [5.41, 5.74) is 3.89. The van der Waals surface area contributed by atoms with Gasteiger partial charge >= 0.3 is 5.76 Å². The first kappa shape index (κ1) is 21.6. The second-order valence-corrected chi connectivity index (χ2v) is 8.04. The summed E-state index contributed by atoms with van der Waals surface area (Å²) in [5.74, 6) is 0.628. The van der Waals surface area contributed by atoms with Crippen molar-refractivity contribution in [2.24, 2.45) is 0 Å². The number of hydrogen-bond donors (Lipinski definition) is 1. The number of carbonyl (C=O) groups excluding carboxylic acids is 1. The van der Waals surface area contributed by atoms with Crippen LogP contribution in [0.15, 0.2) is 62.3 Å². The van der Waals surface area contributed by atoms with Crippen LogP contribution in [0.25, 0.3) is 22.4 Å². The predicted octanol–water partition coefficient (Wildman–Crippen LogP) is 3.69. The van der Waals surface area contributed by atoms with Crippen molar-refractivity contribution in [2.75, 3.05) is 26.0 Å². The van der Waals surface area contributed by atoms with E-state index in [4.69, 9.17) is 8.83 Å². The third-order valence-electron chi connectivity index (χ3n) is 5.18. The maximum atomic E-state index is 12.5. The standard InChI is InChI=1S/C24H26N4O4/c1-16-4-6-17(7-5-16)21-15-25-23(31-21)11-10-22(29)26-18-8-9-20-19(14-18)28(24(30)32-20)13-12-27(2)3/h4-9,14-15H,10-13H2,1-3H3,(H,26,29). The van der Waals surface area contributed by atoms with Crippen molar-refractivity contribution >= 4 is 22.7 Å². The van der Waals surface area contributed by atoms with Crippen LogP contribution in [0.2, 0.25) is 0 Å². The summed E-state index contributed by atoms with van der Waals surface area (Å²) in [5, 5.41) is 2.87. The molecule has 0 spiro atoms. The van der Waals surface area contributed by atoms with Gasteiger partial charge in [0, 0.05) is 37.2 Å². The molecule has 0 saturated heterocycles. The van der Waals surface area contributed by atoms with Gasteiger partial charge in [0.1, 0.15) is 0 Å². The van der Waals surface area contributed by atoms with Gasteiger partial charge in [-0.2, -0.15) is 0 Å². The first-order chi connectivity index (χ1) is 15.4. The smallest absolute Gasteiger partial charge is 0.419 e. The Bertz CT molecular complexity index is 1280. The lowest BCUT2D eigenvalue weighted by Crippen LogP contribution is -2.23. The van der Waals surface area contributed by atoms with E-state index in [1.807, 2.05) is 50.2 Å². The largest absolute Gasteiger partial charge is 0.441 e. The fourth-order valence-electron chi connectivity index (χ4n) is 3.37. The van der Waals surface area contributed by atoms with Crippen LogP contribution in [0.1, 0.15) is 17.9 Å². The zero-order valence-electron chi connectivity index (χ0n) is 18.4. The molecule has 0 fully saturated rings. The van der Waals surface area contributed by atoms with Crippen LogP contribution in [0, 0.1) is 6.92 Å². The summed E-state index contributed by atoms with van der Waals surface area (Å²) in [6.45, 7) is 3.23. The number of hydrogen-bond acceptors (Lipinski definition) is 6. The third kappa shape index (κ3) is 4.97. The lowest BCUT2D eigenvalue weighted by atomic mass is 10.1. The molecule has 1 amide bonds. The van der Waals surface area contributed by atoms with Crippen LogP contribution in [0.4, 0.5) is 5.69 Å². The second kappa shape index (κ2) is 9.23. The Hall–Kier alpha value is -3.65. The van der Waals surface area contributed by atoms with E-state index in [1.54, 1.807) is 29.0 Å². The number of amides is 1. The van der Waals surface area contributed by atoms with Crippen molar-refractivity contribution in [3.8, 4) is 11.3 Å². The van der Waals surface area contributed by atoms with Crippen molar-refractivity contribution in [1.29, 1.82) is 0 Å². The van der Waals surface area contributed by atoms with E-state index >= 15 is 0 Å². The highest BCUT2D eigenvalue weighted by molar-refractivity contribution is 5.92. The predicted molar refractivity (Wildman–Crippen MR) is 123 cm³/mol. The van der Waals surface area contributed by atoms with Crippen molar-refractivity contribution in [3.05, 3.63) is 70.7 Å². The average Bonchev–Trinajstić information content (AvgIpc) is 3.35. The van der Waals surface area contributed by atoms with Gasteiger partial charge in [0.05, 0.1) is 11.7 Å². The molecule has 8 nitrogen and oxygen atoms in total. The number of aromatic nitrogens is 2. The molecule has 8 heteroatoms. The number of anilines is 1. The topological polar surface area (TPSA) is 93.5 Å². The second-order valence-electron chi connectivity index (χ2n) is 8.04. The minimum atomic E-state index is -0.404. The minimum absolute atomic E-state index is 0.162. The number of oxazole rings is 2. The molecule has 0 atom stereocenters. The van der Waals surface area contributed by atoms with E-state index < -0.39 is 5.76 Å². The van der Waals surface area contributed by atoms with Crippen LogP contribution in [-0.4, -0.2) is 41.0 Å². The fourth-order valence-corrected chi connectivity index (χ4v) is 3.37. The Morgan fingerprint density at radius 1 is 1.12 bits per heavy atom. The Morgan fingerprint density at radius 3 is 2.66 bits per heavy atom. The summed E-state index contributed by atoms with van der Waals surface area (Å²) in [7, 11) is 3.88. The maximum absolute atomic E-state index is 12.5. The zero-order chi connectivity index (χ0) is 22.7. The summed E-state index contributed by atoms with van der Waals surface area (Å²) < 4.78 is 12.7. The van der Waals surface area contributed by atoms with Crippen LogP contribution < -0.4 is 11.1 Å². The number of rotatable bonds is 8. The summed E-state index contributed by atoms with van der Waals surface area (Å²) in [6.07, 6.45) is 2.29. The molecule has 0 aliphatic heterocycles. The minimum Gasteiger partial charge on any atom is -0.441 e. The van der Waals surface area contributed by atoms with Crippen LogP contribution in [0.5, 0.6) is 0 Å². The maximum Gasteiger partial charge on any atom is 0.419 e. The number of likely N-dealkylation sites (N-methyl/N-ethyl adjacent to an activating group) is 1. The molecule has 2 heterocycles. The molecule has 0 unspecified atom stereocenters. The zero-order valence-corrected chi connectivity index (χ0v) is 18.4. The molecule has 0 radical (unpaired) electrons. The molecule has 0 aliphatic rings. The number of nitrogens with zero attached hydrogens (tertiary/aromatic N) is 3. The van der Waals surface area contributed by atoms with Gasteiger partial charge in [-0.1, -0.05) is 29.8 Å². The monoisotopic (exact) mass is 434 g/mol. The van der Waals surface area contributed by atoms with E-state index in [0.29, 0.717) is 47.9 Å². The van der Waals surface area contributed by atoms with Gasteiger partial charge in [0.2, 0.25) is 5.91 Å². The van der Waals surface area contributed by atoms with Gasteiger partial charge in [-0.25, -0.2) is 9.78 Å². The lowest BCUT2D eigenvalue weighted by molar-refractivity contribution is -0.116. The van der Waals surface area contributed by atoms with Crippen molar-refractivity contribution in [1.82, 2.24) is 14.5 Å². The number of benzene rings is 2. The molecule has 166 valence electrons. The molecule has 1 N–H and O–H groups in total. The van der Waals surface area contributed by atoms with Gasteiger partial charge in [-0.15, -0.1) is 0 Å². The van der Waals surface area contributed by atoms with Gasteiger partial charge in [0.15, 0.2) is 17.2 Å². The van der Waals surface area contributed by atoms with E-state index in [2.05, 4.69) is 10.3 Å². The molecule has 2 aromatic carbocycles. The highest BCUT2D eigenvalue weighted by atomic mass is 16.4. The lowest BCUT2D eigenvalue weighted by Gasteiger charge is -2.10. The van der Waals surface area contributed by atoms with E-state index in [0.717, 1.165) is 5.56 Å². The Morgan fingerprint density at radius 2 is 1.91 bits per heavy atom. The van der Waals surface area contributed by atoms with Crippen molar-refractivity contribution in [3.63, 3.8) is 0 Å². The molecule has 2 aromatic heterocycles. The number of aryl methyl sites for hydroxylation is 2. The first-order valence-corrected chi connectivity index (χ1v) is 10.5. The van der Waals surface area contributed by atoms with Crippen LogP contribution in [-0.2, 0) is 17.8 Å². The Labute approximate surface area is 185 Å². The molecule has 4 aromatic rings. The Kier molecular flexibility index (Phi) is 6.23. The van der Waals surface area contributed by atoms with Gasteiger partial charge in [-0.3, -0.25) is 9.36 Å². The SMILES string of the molecule is Cc1ccc(-c2cnc(CCC(=O)Nc3ccc4oc(=O)n(CCN(C)C)c4c3)o2)cc1. The highest BCUT2D eigenvalue weighted by Crippen LogP contribution is 2.22. The molecule has 0 aliphatic carbocycles. The fraction of sp³-hybridized carbons (Fsp3) is 0.292. The van der Waals surface area contributed by atoms with Crippen molar-refractivity contribution in [2.45, 2.75) is 26.3 Å². The van der Waals surface area contributed by atoms with Crippen molar-refractivity contribution < 1.29 is 13.6 Å². The van der Waals surface area contributed by atoms with Crippen LogP contribution >= 0.6 is 0 Å². The van der Waals surface area contributed by atoms with Gasteiger partial charge < -0.3 is 19.1 Å². The summed E-state index contributed by atoms with van der Waals surface area (Å²) in [6, 6.07) is 13.2. The number of fused-ring (bicyclic) bond motifs is 1. The highest BCUT2D eigenvalue weighted by Gasteiger charge is 2.13. The average molecular weight is 434 g/mol. The van der Waals surface area contributed by atoms with Crippen LogP contribution in [0.3, 0.4) is 0 Å². The molecule has 0 bridgehead atoms. The van der Waals surface area contributed by atoms with Gasteiger partial charge in [0.25, 0.3) is 0 Å². The molecular formula is C24H26N4O4.